The molecule has 2 rings (SSSR count). The van der Waals surface area contributed by atoms with Gasteiger partial charge in [0.2, 0.25) is 0 Å². The minimum absolute atomic E-state index is 0.0323. The molecule has 1 fully saturated rings. The molecule has 2 N–H and O–H groups in total. The highest BCUT2D eigenvalue weighted by atomic mass is 19.1. The van der Waals surface area contributed by atoms with Crippen LogP contribution in [0.2, 0.25) is 0 Å². The van der Waals surface area contributed by atoms with Crippen molar-refractivity contribution in [2.75, 3.05) is 11.9 Å². The molecule has 0 spiro atoms. The number of rotatable bonds is 7. The molecule has 0 atom stereocenters. The lowest BCUT2D eigenvalue weighted by atomic mass is 10.0. The Bertz CT molecular complexity index is 585. The zero-order valence-corrected chi connectivity index (χ0v) is 11.7. The van der Waals surface area contributed by atoms with Crippen LogP contribution in [0.1, 0.15) is 43.0 Å². The van der Waals surface area contributed by atoms with E-state index >= 15 is 0 Å². The summed E-state index contributed by atoms with van der Waals surface area (Å²) in [7, 11) is 0. The van der Waals surface area contributed by atoms with Crippen molar-refractivity contribution in [1.29, 1.82) is 0 Å². The van der Waals surface area contributed by atoms with E-state index in [2.05, 4.69) is 12.2 Å². The van der Waals surface area contributed by atoms with Crippen molar-refractivity contribution in [3.05, 3.63) is 33.6 Å². The van der Waals surface area contributed by atoms with Gasteiger partial charge in [-0.3, -0.25) is 10.1 Å². The molecule has 0 unspecified atom stereocenters. The molecule has 0 bridgehead atoms. The Morgan fingerprint density at radius 3 is 2.67 bits per heavy atom. The summed E-state index contributed by atoms with van der Waals surface area (Å²) in [5.74, 6) is -2.50. The zero-order valence-electron chi connectivity index (χ0n) is 11.7. The smallest absolute Gasteiger partial charge is 0.338 e. The molecule has 6 nitrogen and oxygen atoms in total. The molecule has 0 heterocycles. The van der Waals surface area contributed by atoms with Crippen LogP contribution >= 0.6 is 0 Å². The average molecular weight is 296 g/mol. The quantitative estimate of drug-likeness (QED) is 0.594. The summed E-state index contributed by atoms with van der Waals surface area (Å²) >= 11 is 0. The lowest BCUT2D eigenvalue weighted by molar-refractivity contribution is -0.384. The van der Waals surface area contributed by atoms with Gasteiger partial charge in [0.05, 0.1) is 4.92 Å². The summed E-state index contributed by atoms with van der Waals surface area (Å²) in [6, 6.07) is 1.66. The Morgan fingerprint density at radius 2 is 2.19 bits per heavy atom. The molecule has 1 saturated carbocycles. The van der Waals surface area contributed by atoms with Crippen molar-refractivity contribution in [2.45, 2.75) is 32.6 Å². The number of carboxylic acids is 1. The fourth-order valence-electron chi connectivity index (χ4n) is 2.52. The van der Waals surface area contributed by atoms with Crippen LogP contribution in [0.3, 0.4) is 0 Å². The Morgan fingerprint density at radius 1 is 1.52 bits per heavy atom. The van der Waals surface area contributed by atoms with Gasteiger partial charge in [-0.25, -0.2) is 9.18 Å². The second-order valence-corrected chi connectivity index (χ2v) is 5.52. The van der Waals surface area contributed by atoms with E-state index in [0.29, 0.717) is 6.54 Å². The molecule has 1 aromatic carbocycles. The fourth-order valence-corrected chi connectivity index (χ4v) is 2.52. The van der Waals surface area contributed by atoms with Crippen molar-refractivity contribution in [3.63, 3.8) is 0 Å². The number of benzene rings is 1. The van der Waals surface area contributed by atoms with E-state index in [1.54, 1.807) is 0 Å². The Hall–Kier alpha value is -2.18. The summed E-state index contributed by atoms with van der Waals surface area (Å²) in [5, 5.41) is 22.8. The van der Waals surface area contributed by atoms with E-state index in [0.717, 1.165) is 37.8 Å². The molecule has 1 aromatic rings. The maximum Gasteiger partial charge on any atom is 0.338 e. The first-order valence-corrected chi connectivity index (χ1v) is 6.84. The fraction of sp³-hybridized carbons (Fsp3) is 0.500. The van der Waals surface area contributed by atoms with Gasteiger partial charge in [0.15, 0.2) is 0 Å². The van der Waals surface area contributed by atoms with Crippen molar-refractivity contribution in [2.24, 2.45) is 5.41 Å². The van der Waals surface area contributed by atoms with E-state index in [1.165, 1.54) is 0 Å². The van der Waals surface area contributed by atoms with Crippen molar-refractivity contribution >= 4 is 17.3 Å². The number of nitrogens with one attached hydrogen (secondary N) is 1. The van der Waals surface area contributed by atoms with Crippen LogP contribution in [-0.2, 0) is 0 Å². The third-order valence-corrected chi connectivity index (χ3v) is 3.90. The number of nitro benzene ring substituents is 1. The molecule has 21 heavy (non-hydrogen) atoms. The monoisotopic (exact) mass is 296 g/mol. The van der Waals surface area contributed by atoms with Gasteiger partial charge in [-0.2, -0.15) is 0 Å². The highest BCUT2D eigenvalue weighted by Crippen LogP contribution is 2.49. The summed E-state index contributed by atoms with van der Waals surface area (Å²) in [5.41, 5.74) is -0.933. The summed E-state index contributed by atoms with van der Waals surface area (Å²) in [6.07, 6.45) is 4.15. The van der Waals surface area contributed by atoms with Crippen LogP contribution in [0.4, 0.5) is 15.8 Å². The van der Waals surface area contributed by atoms with Gasteiger partial charge < -0.3 is 10.4 Å². The number of carboxylic acid groups (broad SMARTS) is 1. The molecule has 0 aromatic heterocycles. The minimum atomic E-state index is -1.52. The average Bonchev–Trinajstić information content (AvgIpc) is 3.16. The molecule has 0 radical (unpaired) electrons. The number of anilines is 1. The van der Waals surface area contributed by atoms with Crippen molar-refractivity contribution < 1.29 is 19.2 Å². The van der Waals surface area contributed by atoms with Gasteiger partial charge in [0.25, 0.3) is 5.69 Å². The minimum Gasteiger partial charge on any atom is -0.478 e. The normalized spacial score (nSPS) is 15.5. The molecular formula is C14H17FN2O4. The van der Waals surface area contributed by atoms with Gasteiger partial charge in [-0.05, 0) is 24.7 Å². The lowest BCUT2D eigenvalue weighted by Gasteiger charge is -2.16. The summed E-state index contributed by atoms with van der Waals surface area (Å²) < 4.78 is 13.7. The second kappa shape index (κ2) is 5.67. The zero-order chi connectivity index (χ0) is 15.6. The molecule has 7 heteroatoms. The maximum atomic E-state index is 13.7. The van der Waals surface area contributed by atoms with Crippen LogP contribution in [0.5, 0.6) is 0 Å². The third-order valence-electron chi connectivity index (χ3n) is 3.90. The number of carbonyl (C=O) groups is 1. The van der Waals surface area contributed by atoms with Crippen LogP contribution in [0.15, 0.2) is 12.1 Å². The number of nitro groups is 1. The second-order valence-electron chi connectivity index (χ2n) is 5.52. The first-order chi connectivity index (χ1) is 9.88. The predicted octanol–water partition coefficient (Wildman–Crippen LogP) is 3.42. The summed E-state index contributed by atoms with van der Waals surface area (Å²) in [4.78, 5) is 21.2. The van der Waals surface area contributed by atoms with Crippen molar-refractivity contribution in [1.82, 2.24) is 0 Å². The third kappa shape index (κ3) is 3.29. The highest BCUT2D eigenvalue weighted by molar-refractivity contribution is 5.90. The Labute approximate surface area is 121 Å². The van der Waals surface area contributed by atoms with E-state index in [1.807, 2.05) is 0 Å². The standard InChI is InChI=1S/C14H17FN2O4/c1-2-3-14(4-5-14)8-16-11-7-10(15)9(13(18)19)6-12(11)17(20)21/h6-7,16H,2-5,8H2,1H3,(H,18,19). The number of hydrogen-bond acceptors (Lipinski definition) is 4. The predicted molar refractivity (Wildman–Crippen MR) is 75.1 cm³/mol. The van der Waals surface area contributed by atoms with Gasteiger partial charge in [0, 0.05) is 18.7 Å². The van der Waals surface area contributed by atoms with Crippen LogP contribution < -0.4 is 5.32 Å². The van der Waals surface area contributed by atoms with Gasteiger partial charge >= 0.3 is 5.97 Å². The molecule has 114 valence electrons. The lowest BCUT2D eigenvalue weighted by Crippen LogP contribution is -2.16. The van der Waals surface area contributed by atoms with E-state index in [-0.39, 0.29) is 11.1 Å². The van der Waals surface area contributed by atoms with Crippen LogP contribution in [0.25, 0.3) is 0 Å². The largest absolute Gasteiger partial charge is 0.478 e. The maximum absolute atomic E-state index is 13.7. The van der Waals surface area contributed by atoms with Gasteiger partial charge in [-0.15, -0.1) is 0 Å². The Kier molecular flexibility index (Phi) is 4.11. The SMILES string of the molecule is CCCC1(CNc2cc(F)c(C(=O)O)cc2[N+](=O)[O-])CC1. The molecule has 1 aliphatic carbocycles. The number of halogens is 1. The van der Waals surface area contributed by atoms with E-state index in [9.17, 15) is 19.3 Å². The van der Waals surface area contributed by atoms with Gasteiger partial charge in [0.1, 0.15) is 17.1 Å². The highest BCUT2D eigenvalue weighted by Gasteiger charge is 2.41. The van der Waals surface area contributed by atoms with E-state index in [4.69, 9.17) is 5.11 Å². The molecule has 0 saturated heterocycles. The van der Waals surface area contributed by atoms with Crippen molar-refractivity contribution in [3.8, 4) is 0 Å². The van der Waals surface area contributed by atoms with Crippen LogP contribution in [-0.4, -0.2) is 22.5 Å². The molecular weight excluding hydrogens is 279 g/mol. The Balaban J connectivity index is 2.24. The number of hydrogen-bond donors (Lipinski definition) is 2. The number of nitrogens with zero attached hydrogens (tertiary/aromatic N) is 1. The van der Waals surface area contributed by atoms with E-state index < -0.39 is 28.0 Å². The molecule has 0 amide bonds. The summed E-state index contributed by atoms with van der Waals surface area (Å²) in [6.45, 7) is 2.61. The van der Waals surface area contributed by atoms with Gasteiger partial charge in [-0.1, -0.05) is 13.3 Å². The molecule has 1 aliphatic rings. The molecule has 0 aliphatic heterocycles. The first kappa shape index (κ1) is 15.2. The number of aromatic carboxylic acids is 1. The topological polar surface area (TPSA) is 92.5 Å². The van der Waals surface area contributed by atoms with Crippen LogP contribution in [0, 0.1) is 21.3 Å². The first-order valence-electron chi connectivity index (χ1n) is 6.84.